The Balaban J connectivity index is 1.73. The molecule has 0 bridgehead atoms. The highest BCUT2D eigenvalue weighted by molar-refractivity contribution is 6.06. The molecule has 9 heteroatoms. The van der Waals surface area contributed by atoms with Gasteiger partial charge in [-0.15, -0.1) is 0 Å². The number of piperidine rings is 1. The number of carboxylic acid groups (broad SMARTS) is 1. The first-order valence-electron chi connectivity index (χ1n) is 10.6. The Kier molecular flexibility index (Phi) is 5.30. The van der Waals surface area contributed by atoms with Crippen LogP contribution < -0.4 is 5.32 Å². The third-order valence-electron chi connectivity index (χ3n) is 6.42. The van der Waals surface area contributed by atoms with E-state index < -0.39 is 35.8 Å². The van der Waals surface area contributed by atoms with Crippen LogP contribution in [0.15, 0.2) is 18.2 Å². The van der Waals surface area contributed by atoms with Crippen LogP contribution in [0.2, 0.25) is 0 Å². The zero-order valence-corrected chi connectivity index (χ0v) is 18.3. The van der Waals surface area contributed by atoms with Crippen LogP contribution in [0.25, 0.3) is 5.57 Å². The maximum Gasteiger partial charge on any atom is 0.407 e. The minimum Gasteiger partial charge on any atom is -0.465 e. The summed E-state index contributed by atoms with van der Waals surface area (Å²) in [5.74, 6) is -1.89. The molecule has 3 aliphatic heterocycles. The molecule has 2 N–H and O–H groups in total. The lowest BCUT2D eigenvalue weighted by atomic mass is 9.80. The first kappa shape index (κ1) is 22.0. The van der Waals surface area contributed by atoms with Crippen LogP contribution >= 0.6 is 0 Å². The van der Waals surface area contributed by atoms with Gasteiger partial charge in [0.25, 0.3) is 5.91 Å². The number of imide groups is 1. The van der Waals surface area contributed by atoms with E-state index in [-0.39, 0.29) is 42.8 Å². The summed E-state index contributed by atoms with van der Waals surface area (Å²) in [5.41, 5.74) is 1.82. The summed E-state index contributed by atoms with van der Waals surface area (Å²) in [4.78, 5) is 51.4. The fraction of sp³-hybridized carbons (Fsp3) is 0.478. The molecule has 0 aromatic heterocycles. The van der Waals surface area contributed by atoms with E-state index in [2.05, 4.69) is 5.32 Å². The first-order chi connectivity index (χ1) is 15.0. The molecule has 1 aromatic rings. The van der Waals surface area contributed by atoms with Crippen molar-refractivity contribution in [3.63, 3.8) is 0 Å². The normalized spacial score (nSPS) is 23.8. The zero-order chi connectivity index (χ0) is 23.4. The van der Waals surface area contributed by atoms with Crippen molar-refractivity contribution < 1.29 is 28.7 Å². The summed E-state index contributed by atoms with van der Waals surface area (Å²) in [7, 11) is 0. The number of nitrogens with one attached hydrogen (secondary N) is 1. The van der Waals surface area contributed by atoms with E-state index in [4.69, 9.17) is 0 Å². The number of hydrogen-bond donors (Lipinski definition) is 2. The summed E-state index contributed by atoms with van der Waals surface area (Å²) in [6.45, 7) is 6.22. The van der Waals surface area contributed by atoms with Gasteiger partial charge in [0.05, 0.1) is 6.04 Å². The van der Waals surface area contributed by atoms with E-state index in [1.165, 1.54) is 21.9 Å². The van der Waals surface area contributed by atoms with Crippen molar-refractivity contribution in [2.45, 2.75) is 58.7 Å². The zero-order valence-electron chi connectivity index (χ0n) is 18.3. The van der Waals surface area contributed by atoms with Gasteiger partial charge in [0, 0.05) is 25.1 Å². The summed E-state index contributed by atoms with van der Waals surface area (Å²) in [6.07, 6.45) is 1.60. The van der Waals surface area contributed by atoms with E-state index in [1.54, 1.807) is 0 Å². The van der Waals surface area contributed by atoms with Crippen LogP contribution in [0, 0.1) is 11.2 Å². The largest absolute Gasteiger partial charge is 0.465 e. The molecule has 1 aromatic carbocycles. The maximum atomic E-state index is 14.6. The second-order valence-electron chi connectivity index (χ2n) is 9.61. The van der Waals surface area contributed by atoms with Gasteiger partial charge in [-0.25, -0.2) is 9.18 Å². The number of carbonyl (C=O) groups is 4. The molecule has 32 heavy (non-hydrogen) atoms. The molecule has 4 rings (SSSR count). The molecule has 2 atom stereocenters. The molecule has 1 fully saturated rings. The fourth-order valence-corrected chi connectivity index (χ4v) is 4.81. The van der Waals surface area contributed by atoms with Crippen LogP contribution in [0.5, 0.6) is 0 Å². The molecule has 0 saturated carbocycles. The van der Waals surface area contributed by atoms with Crippen LogP contribution in [0.4, 0.5) is 9.18 Å². The van der Waals surface area contributed by atoms with Crippen molar-refractivity contribution in [3.8, 4) is 0 Å². The van der Waals surface area contributed by atoms with Crippen LogP contribution in [-0.4, -0.2) is 57.3 Å². The Morgan fingerprint density at radius 3 is 2.47 bits per heavy atom. The van der Waals surface area contributed by atoms with Crippen molar-refractivity contribution >= 4 is 29.4 Å². The van der Waals surface area contributed by atoms with Gasteiger partial charge in [0.1, 0.15) is 11.9 Å². The van der Waals surface area contributed by atoms with Crippen molar-refractivity contribution in [1.29, 1.82) is 0 Å². The Morgan fingerprint density at radius 1 is 1.16 bits per heavy atom. The topological polar surface area (TPSA) is 107 Å². The standard InChI is InChI=1S/C23H26FN3O5/c1-23(2,3)18-8-12(6-7-26(18)22(31)32)14-9-13(24)10-15-16(14)11-27(21(15)30)17-4-5-19(28)25-20(17)29/h8-10,17-18H,4-7,11H2,1-3H3,(H,31,32)(H,25,28,29). The molecule has 170 valence electrons. The number of benzene rings is 1. The summed E-state index contributed by atoms with van der Waals surface area (Å²) in [6, 6.07) is 1.36. The van der Waals surface area contributed by atoms with Crippen LogP contribution in [0.1, 0.15) is 61.5 Å². The average Bonchev–Trinajstić information content (AvgIpc) is 3.02. The lowest BCUT2D eigenvalue weighted by molar-refractivity contribution is -0.136. The smallest absolute Gasteiger partial charge is 0.407 e. The lowest BCUT2D eigenvalue weighted by Gasteiger charge is -2.40. The van der Waals surface area contributed by atoms with Crippen LogP contribution in [0.3, 0.4) is 0 Å². The second-order valence-corrected chi connectivity index (χ2v) is 9.61. The van der Waals surface area contributed by atoms with Gasteiger partial charge in [0.2, 0.25) is 11.8 Å². The average molecular weight is 443 g/mol. The quantitative estimate of drug-likeness (QED) is 0.684. The van der Waals surface area contributed by atoms with E-state index in [9.17, 15) is 28.7 Å². The Hall–Kier alpha value is -3.23. The second kappa shape index (κ2) is 7.72. The highest BCUT2D eigenvalue weighted by Crippen LogP contribution is 2.39. The fourth-order valence-electron chi connectivity index (χ4n) is 4.81. The summed E-state index contributed by atoms with van der Waals surface area (Å²) >= 11 is 0. The molecule has 3 heterocycles. The SMILES string of the molecule is CC(C)(C)C1C=C(c2cc(F)cc3c2CN(C2CCC(=O)NC2=O)C3=O)CCN1C(=O)O. The van der Waals surface area contributed by atoms with Gasteiger partial charge in [-0.2, -0.15) is 0 Å². The van der Waals surface area contributed by atoms with Gasteiger partial charge in [0.15, 0.2) is 0 Å². The molecule has 0 radical (unpaired) electrons. The lowest BCUT2D eigenvalue weighted by Crippen LogP contribution is -2.52. The van der Waals surface area contributed by atoms with Gasteiger partial charge in [-0.1, -0.05) is 26.8 Å². The Morgan fingerprint density at radius 2 is 1.84 bits per heavy atom. The number of hydrogen-bond acceptors (Lipinski definition) is 4. The summed E-state index contributed by atoms with van der Waals surface area (Å²) < 4.78 is 14.6. The van der Waals surface area contributed by atoms with Gasteiger partial charge < -0.3 is 14.9 Å². The predicted molar refractivity (Wildman–Crippen MR) is 113 cm³/mol. The Bertz CT molecular complexity index is 1060. The highest BCUT2D eigenvalue weighted by Gasteiger charge is 2.41. The van der Waals surface area contributed by atoms with E-state index in [0.29, 0.717) is 17.5 Å². The number of nitrogens with zero attached hydrogens (tertiary/aromatic N) is 2. The maximum absolute atomic E-state index is 14.6. The number of carbonyl (C=O) groups excluding carboxylic acids is 3. The van der Waals surface area contributed by atoms with Crippen molar-refractivity contribution in [2.75, 3.05) is 6.54 Å². The molecule has 1 saturated heterocycles. The monoisotopic (exact) mass is 443 g/mol. The van der Waals surface area contributed by atoms with Crippen molar-refractivity contribution in [1.82, 2.24) is 15.1 Å². The third-order valence-corrected chi connectivity index (χ3v) is 6.42. The third kappa shape index (κ3) is 3.76. The highest BCUT2D eigenvalue weighted by atomic mass is 19.1. The number of amides is 4. The minimum absolute atomic E-state index is 0.135. The van der Waals surface area contributed by atoms with E-state index in [0.717, 1.165) is 5.57 Å². The Labute approximate surface area is 185 Å². The van der Waals surface area contributed by atoms with Crippen LogP contribution in [-0.2, 0) is 16.1 Å². The molecule has 0 aliphatic carbocycles. The molecule has 0 spiro atoms. The number of halogens is 1. The van der Waals surface area contributed by atoms with E-state index in [1.807, 2.05) is 26.8 Å². The predicted octanol–water partition coefficient (Wildman–Crippen LogP) is 2.77. The van der Waals surface area contributed by atoms with Gasteiger partial charge in [-0.05, 0) is 47.1 Å². The number of fused-ring (bicyclic) bond motifs is 1. The van der Waals surface area contributed by atoms with Crippen molar-refractivity contribution in [2.24, 2.45) is 5.41 Å². The molecular formula is C23H26FN3O5. The molecular weight excluding hydrogens is 417 g/mol. The van der Waals surface area contributed by atoms with E-state index >= 15 is 0 Å². The molecule has 8 nitrogen and oxygen atoms in total. The van der Waals surface area contributed by atoms with Crippen molar-refractivity contribution in [3.05, 3.63) is 40.7 Å². The van der Waals surface area contributed by atoms with Gasteiger partial charge >= 0.3 is 6.09 Å². The molecule has 4 amide bonds. The molecule has 3 aliphatic rings. The first-order valence-corrected chi connectivity index (χ1v) is 10.6. The molecule has 2 unspecified atom stereocenters. The van der Waals surface area contributed by atoms with Gasteiger partial charge in [-0.3, -0.25) is 19.7 Å². The summed E-state index contributed by atoms with van der Waals surface area (Å²) in [5, 5.41) is 11.9. The number of rotatable bonds is 2. The minimum atomic E-state index is -1.01.